The van der Waals surface area contributed by atoms with Crippen LogP contribution in [-0.4, -0.2) is 42.9 Å². The van der Waals surface area contributed by atoms with Crippen molar-refractivity contribution >= 4 is 12.0 Å². The molecule has 0 aliphatic heterocycles. The van der Waals surface area contributed by atoms with Gasteiger partial charge in [-0.15, -0.1) is 0 Å². The van der Waals surface area contributed by atoms with Crippen molar-refractivity contribution in [2.75, 3.05) is 19.8 Å². The number of carbonyl (C=O) groups is 2. The maximum absolute atomic E-state index is 11.7. The van der Waals surface area contributed by atoms with Gasteiger partial charge in [-0.25, -0.2) is 9.59 Å². The van der Waals surface area contributed by atoms with Crippen LogP contribution in [0, 0.1) is 11.8 Å². The molecule has 110 valence electrons. The van der Waals surface area contributed by atoms with E-state index in [1.54, 1.807) is 0 Å². The molecule has 3 unspecified atom stereocenters. The van der Waals surface area contributed by atoms with Crippen molar-refractivity contribution in [3.05, 3.63) is 0 Å². The van der Waals surface area contributed by atoms with Gasteiger partial charge in [0.05, 0.1) is 6.61 Å². The Hall–Kier alpha value is -1.30. The number of carboxylic acids is 1. The third-order valence-corrected chi connectivity index (χ3v) is 3.78. The van der Waals surface area contributed by atoms with Crippen molar-refractivity contribution in [2.45, 2.75) is 39.2 Å². The molecule has 1 aliphatic rings. The molecule has 3 atom stereocenters. The molecule has 1 saturated carbocycles. The van der Waals surface area contributed by atoms with E-state index in [1.807, 2.05) is 0 Å². The van der Waals surface area contributed by atoms with Crippen molar-refractivity contribution in [3.63, 3.8) is 0 Å². The topological polar surface area (TPSA) is 87.7 Å². The third-order valence-electron chi connectivity index (χ3n) is 3.78. The van der Waals surface area contributed by atoms with Crippen LogP contribution in [0.25, 0.3) is 0 Å². The molecule has 0 aromatic heterocycles. The molecule has 1 fully saturated rings. The summed E-state index contributed by atoms with van der Waals surface area (Å²) in [5.41, 5.74) is 0. The highest BCUT2D eigenvalue weighted by Gasteiger charge is 2.27. The first-order valence-corrected chi connectivity index (χ1v) is 6.84. The molecular formula is C13H24N2O4. The van der Waals surface area contributed by atoms with Crippen LogP contribution in [0.15, 0.2) is 0 Å². The van der Waals surface area contributed by atoms with Crippen LogP contribution in [0.4, 0.5) is 4.79 Å². The van der Waals surface area contributed by atoms with E-state index in [4.69, 9.17) is 9.84 Å². The molecule has 0 aromatic carbocycles. The lowest BCUT2D eigenvalue weighted by Gasteiger charge is -2.34. The van der Waals surface area contributed by atoms with Gasteiger partial charge in [-0.1, -0.05) is 26.7 Å². The van der Waals surface area contributed by atoms with E-state index in [2.05, 4.69) is 24.5 Å². The lowest BCUT2D eigenvalue weighted by atomic mass is 9.78. The average Bonchev–Trinajstić information content (AvgIpc) is 2.34. The molecular weight excluding hydrogens is 248 g/mol. The second kappa shape index (κ2) is 7.99. The van der Waals surface area contributed by atoms with Gasteiger partial charge in [-0.2, -0.15) is 0 Å². The maximum atomic E-state index is 11.7. The number of rotatable bonds is 6. The first-order chi connectivity index (χ1) is 9.00. The van der Waals surface area contributed by atoms with Crippen molar-refractivity contribution in [1.29, 1.82) is 0 Å². The minimum absolute atomic E-state index is 0.204. The zero-order valence-corrected chi connectivity index (χ0v) is 11.6. The number of carboxylic acid groups (broad SMARTS) is 1. The van der Waals surface area contributed by atoms with Crippen LogP contribution in [0.3, 0.4) is 0 Å². The largest absolute Gasteiger partial charge is 0.480 e. The standard InChI is InChI=1S/C13H24N2O4/c1-9-4-3-5-11(10(9)2)15-13(18)14-6-7-19-8-12(16)17/h9-11H,3-8H2,1-2H3,(H,16,17)(H2,14,15,18). The van der Waals surface area contributed by atoms with E-state index in [9.17, 15) is 9.59 Å². The maximum Gasteiger partial charge on any atom is 0.329 e. The molecule has 0 saturated heterocycles. The SMILES string of the molecule is CC1CCCC(NC(=O)NCCOCC(=O)O)C1C. The van der Waals surface area contributed by atoms with E-state index in [0.29, 0.717) is 18.4 Å². The molecule has 0 heterocycles. The summed E-state index contributed by atoms with van der Waals surface area (Å²) in [6, 6.07) is 0.0218. The van der Waals surface area contributed by atoms with Gasteiger partial charge in [0.25, 0.3) is 0 Å². The highest BCUT2D eigenvalue weighted by Crippen LogP contribution is 2.29. The van der Waals surface area contributed by atoms with Gasteiger partial charge in [0.15, 0.2) is 0 Å². The summed E-state index contributed by atoms with van der Waals surface area (Å²) >= 11 is 0. The summed E-state index contributed by atoms with van der Waals surface area (Å²) in [7, 11) is 0. The van der Waals surface area contributed by atoms with Gasteiger partial charge < -0.3 is 20.5 Å². The fraction of sp³-hybridized carbons (Fsp3) is 0.846. The number of aliphatic carboxylic acids is 1. The van der Waals surface area contributed by atoms with Crippen LogP contribution in [0.1, 0.15) is 33.1 Å². The van der Waals surface area contributed by atoms with Crippen LogP contribution < -0.4 is 10.6 Å². The number of carbonyl (C=O) groups excluding carboxylic acids is 1. The average molecular weight is 272 g/mol. The Labute approximate surface area is 113 Å². The van der Waals surface area contributed by atoms with Crippen LogP contribution >= 0.6 is 0 Å². The van der Waals surface area contributed by atoms with E-state index in [1.165, 1.54) is 6.42 Å². The van der Waals surface area contributed by atoms with Gasteiger partial charge in [-0.3, -0.25) is 0 Å². The van der Waals surface area contributed by atoms with Gasteiger partial charge >= 0.3 is 12.0 Å². The zero-order chi connectivity index (χ0) is 14.3. The molecule has 6 nitrogen and oxygen atoms in total. The van der Waals surface area contributed by atoms with Crippen molar-refractivity contribution in [1.82, 2.24) is 10.6 Å². The van der Waals surface area contributed by atoms with Crippen molar-refractivity contribution in [2.24, 2.45) is 11.8 Å². The Morgan fingerprint density at radius 1 is 1.32 bits per heavy atom. The lowest BCUT2D eigenvalue weighted by Crippen LogP contribution is -2.48. The number of urea groups is 1. The summed E-state index contributed by atoms with van der Waals surface area (Å²) in [6.07, 6.45) is 3.40. The number of hydrogen-bond donors (Lipinski definition) is 3. The van der Waals surface area contributed by atoms with Crippen molar-refractivity contribution in [3.8, 4) is 0 Å². The van der Waals surface area contributed by atoms with Gasteiger partial charge in [-0.05, 0) is 18.3 Å². The van der Waals surface area contributed by atoms with Crippen LogP contribution in [-0.2, 0) is 9.53 Å². The minimum atomic E-state index is -1.01. The minimum Gasteiger partial charge on any atom is -0.480 e. The third kappa shape index (κ3) is 5.92. The first-order valence-electron chi connectivity index (χ1n) is 6.84. The Balaban J connectivity index is 2.14. The number of ether oxygens (including phenoxy) is 1. The molecule has 0 bridgehead atoms. The summed E-state index contributed by atoms with van der Waals surface area (Å²) in [6.45, 7) is 4.58. The van der Waals surface area contributed by atoms with E-state index < -0.39 is 5.97 Å². The smallest absolute Gasteiger partial charge is 0.329 e. The van der Waals surface area contributed by atoms with Gasteiger partial charge in [0.2, 0.25) is 0 Å². The molecule has 0 radical (unpaired) electrons. The first kappa shape index (κ1) is 15.8. The fourth-order valence-electron chi connectivity index (χ4n) is 2.40. The molecule has 0 spiro atoms. The predicted octanol–water partition coefficient (Wildman–Crippen LogP) is 1.21. The van der Waals surface area contributed by atoms with Crippen LogP contribution in [0.2, 0.25) is 0 Å². The second-order valence-electron chi connectivity index (χ2n) is 5.22. The number of amides is 2. The molecule has 19 heavy (non-hydrogen) atoms. The number of hydrogen-bond acceptors (Lipinski definition) is 3. The second-order valence-corrected chi connectivity index (χ2v) is 5.22. The Bertz CT molecular complexity index is 309. The molecule has 2 amide bonds. The molecule has 1 aliphatic carbocycles. The molecule has 6 heteroatoms. The summed E-state index contributed by atoms with van der Waals surface area (Å²) < 4.78 is 4.83. The molecule has 3 N–H and O–H groups in total. The lowest BCUT2D eigenvalue weighted by molar-refractivity contribution is -0.142. The Kier molecular flexibility index (Phi) is 6.62. The van der Waals surface area contributed by atoms with E-state index in [-0.39, 0.29) is 25.3 Å². The monoisotopic (exact) mass is 272 g/mol. The molecule has 1 rings (SSSR count). The predicted molar refractivity (Wildman–Crippen MR) is 71.0 cm³/mol. The van der Waals surface area contributed by atoms with Gasteiger partial charge in [0, 0.05) is 12.6 Å². The van der Waals surface area contributed by atoms with E-state index >= 15 is 0 Å². The number of nitrogens with one attached hydrogen (secondary N) is 2. The Morgan fingerprint density at radius 2 is 2.05 bits per heavy atom. The quantitative estimate of drug-likeness (QED) is 0.634. The normalized spacial score (nSPS) is 26.7. The van der Waals surface area contributed by atoms with Crippen molar-refractivity contribution < 1.29 is 19.4 Å². The van der Waals surface area contributed by atoms with Gasteiger partial charge in [0.1, 0.15) is 6.61 Å². The van der Waals surface area contributed by atoms with E-state index in [0.717, 1.165) is 12.8 Å². The summed E-state index contributed by atoms with van der Waals surface area (Å²) in [5.74, 6) is 0.121. The zero-order valence-electron chi connectivity index (χ0n) is 11.6. The van der Waals surface area contributed by atoms with Crippen LogP contribution in [0.5, 0.6) is 0 Å². The highest BCUT2D eigenvalue weighted by molar-refractivity contribution is 5.74. The highest BCUT2D eigenvalue weighted by atomic mass is 16.5. The molecule has 0 aromatic rings. The summed E-state index contributed by atoms with van der Waals surface area (Å²) in [5, 5.41) is 14.0. The summed E-state index contributed by atoms with van der Waals surface area (Å²) in [4.78, 5) is 21.9. The fourth-order valence-corrected chi connectivity index (χ4v) is 2.40. The Morgan fingerprint density at radius 3 is 2.74 bits per heavy atom.